The largest absolute Gasteiger partial charge is 0.468 e. The highest BCUT2D eigenvalue weighted by molar-refractivity contribution is 5.96. The normalized spacial score (nSPS) is 13.2. The molecule has 1 aromatic heterocycles. The van der Waals surface area contributed by atoms with Crippen LogP contribution in [0.5, 0.6) is 0 Å². The average Bonchev–Trinajstić information content (AvgIpc) is 3.18. The third-order valence-electron chi connectivity index (χ3n) is 4.43. The van der Waals surface area contributed by atoms with E-state index in [0.29, 0.717) is 0 Å². The van der Waals surface area contributed by atoms with Crippen LogP contribution in [0.15, 0.2) is 71.3 Å². The second kappa shape index (κ2) is 8.02. The van der Waals surface area contributed by atoms with Crippen molar-refractivity contribution in [3.05, 3.63) is 89.4 Å². The van der Waals surface area contributed by atoms with Gasteiger partial charge in [0.15, 0.2) is 0 Å². The van der Waals surface area contributed by atoms with Crippen molar-refractivity contribution in [1.82, 2.24) is 5.32 Å². The Morgan fingerprint density at radius 2 is 1.77 bits per heavy atom. The van der Waals surface area contributed by atoms with E-state index in [-0.39, 0.29) is 11.9 Å². The summed E-state index contributed by atoms with van der Waals surface area (Å²) < 4.78 is 5.47. The van der Waals surface area contributed by atoms with E-state index in [1.165, 1.54) is 0 Å². The van der Waals surface area contributed by atoms with E-state index in [2.05, 4.69) is 10.6 Å². The zero-order valence-corrected chi connectivity index (χ0v) is 15.3. The summed E-state index contributed by atoms with van der Waals surface area (Å²) in [6.45, 7) is 5.99. The molecule has 2 aromatic carbocycles. The van der Waals surface area contributed by atoms with Gasteiger partial charge < -0.3 is 9.73 Å². The number of furan rings is 1. The number of anilines is 1. The van der Waals surface area contributed by atoms with Gasteiger partial charge in [0.1, 0.15) is 11.8 Å². The molecule has 2 N–H and O–H groups in total. The SMILES string of the molecule is Cc1ccc(C)c(NC(=O)[C@H](N[C@H](C)c2ccco2)c2ccccc2)c1. The standard InChI is InChI=1S/C22H24N2O2/c1-15-11-12-16(2)19(14-15)24-22(25)21(18-8-5-4-6-9-18)23-17(3)20-10-7-13-26-20/h4-14,17,21,23H,1-3H3,(H,24,25)/t17-,21-/m1/s1. The molecule has 1 amide bonds. The monoisotopic (exact) mass is 348 g/mol. The molecular formula is C22H24N2O2. The van der Waals surface area contributed by atoms with Gasteiger partial charge in [-0.1, -0.05) is 42.5 Å². The molecule has 3 rings (SSSR count). The van der Waals surface area contributed by atoms with E-state index in [4.69, 9.17) is 4.42 Å². The predicted molar refractivity (Wildman–Crippen MR) is 104 cm³/mol. The van der Waals surface area contributed by atoms with Gasteiger partial charge in [0.05, 0.1) is 12.3 Å². The summed E-state index contributed by atoms with van der Waals surface area (Å²) in [5.41, 5.74) is 3.89. The van der Waals surface area contributed by atoms with Crippen LogP contribution in [0.2, 0.25) is 0 Å². The fraction of sp³-hybridized carbons (Fsp3) is 0.227. The second-order valence-corrected chi connectivity index (χ2v) is 6.56. The lowest BCUT2D eigenvalue weighted by Crippen LogP contribution is -2.34. The zero-order valence-electron chi connectivity index (χ0n) is 15.3. The van der Waals surface area contributed by atoms with Gasteiger partial charge in [0, 0.05) is 5.69 Å². The summed E-state index contributed by atoms with van der Waals surface area (Å²) in [4.78, 5) is 13.1. The molecule has 0 saturated heterocycles. The molecule has 0 spiro atoms. The fourth-order valence-electron chi connectivity index (χ4n) is 2.91. The Kier molecular flexibility index (Phi) is 5.54. The van der Waals surface area contributed by atoms with E-state index < -0.39 is 6.04 Å². The lowest BCUT2D eigenvalue weighted by molar-refractivity contribution is -0.118. The molecule has 0 aliphatic rings. The van der Waals surface area contributed by atoms with Crippen LogP contribution in [-0.2, 0) is 4.79 Å². The van der Waals surface area contributed by atoms with Crippen LogP contribution >= 0.6 is 0 Å². The highest BCUT2D eigenvalue weighted by Gasteiger charge is 2.24. The summed E-state index contributed by atoms with van der Waals surface area (Å²) in [7, 11) is 0. The van der Waals surface area contributed by atoms with E-state index in [9.17, 15) is 4.79 Å². The lowest BCUT2D eigenvalue weighted by Gasteiger charge is -2.23. The number of rotatable bonds is 6. The quantitative estimate of drug-likeness (QED) is 0.664. The van der Waals surface area contributed by atoms with Gasteiger partial charge in [0.25, 0.3) is 0 Å². The Bertz CT molecular complexity index is 857. The maximum absolute atomic E-state index is 13.1. The number of carbonyl (C=O) groups is 1. The molecule has 26 heavy (non-hydrogen) atoms. The highest BCUT2D eigenvalue weighted by Crippen LogP contribution is 2.23. The van der Waals surface area contributed by atoms with Gasteiger partial charge in [-0.25, -0.2) is 0 Å². The van der Waals surface area contributed by atoms with Crippen molar-refractivity contribution in [2.45, 2.75) is 32.9 Å². The fourth-order valence-corrected chi connectivity index (χ4v) is 2.91. The average molecular weight is 348 g/mol. The first-order valence-electron chi connectivity index (χ1n) is 8.77. The molecule has 3 aromatic rings. The Hall–Kier alpha value is -2.85. The van der Waals surface area contributed by atoms with Crippen LogP contribution in [-0.4, -0.2) is 5.91 Å². The van der Waals surface area contributed by atoms with E-state index in [1.54, 1.807) is 6.26 Å². The Balaban J connectivity index is 1.85. The molecule has 1 heterocycles. The molecule has 2 atom stereocenters. The number of aryl methyl sites for hydroxylation is 2. The molecule has 0 radical (unpaired) electrons. The lowest BCUT2D eigenvalue weighted by atomic mass is 10.0. The van der Waals surface area contributed by atoms with Gasteiger partial charge in [0.2, 0.25) is 5.91 Å². The summed E-state index contributed by atoms with van der Waals surface area (Å²) in [5.74, 6) is 0.703. The molecule has 4 nitrogen and oxygen atoms in total. The van der Waals surface area contributed by atoms with Crippen molar-refractivity contribution in [3.8, 4) is 0 Å². The van der Waals surface area contributed by atoms with Crippen LogP contribution in [0.4, 0.5) is 5.69 Å². The van der Waals surface area contributed by atoms with Crippen molar-refractivity contribution in [3.63, 3.8) is 0 Å². The first kappa shape index (κ1) is 18.0. The highest BCUT2D eigenvalue weighted by atomic mass is 16.3. The van der Waals surface area contributed by atoms with Crippen molar-refractivity contribution < 1.29 is 9.21 Å². The first-order chi connectivity index (χ1) is 12.5. The van der Waals surface area contributed by atoms with Crippen LogP contribution < -0.4 is 10.6 Å². The van der Waals surface area contributed by atoms with Crippen molar-refractivity contribution >= 4 is 11.6 Å². The second-order valence-electron chi connectivity index (χ2n) is 6.56. The zero-order chi connectivity index (χ0) is 18.5. The summed E-state index contributed by atoms with van der Waals surface area (Å²) in [6, 6.07) is 18.9. The predicted octanol–water partition coefficient (Wildman–Crippen LogP) is 4.93. The summed E-state index contributed by atoms with van der Waals surface area (Å²) in [6.07, 6.45) is 1.64. The molecule has 0 aliphatic carbocycles. The smallest absolute Gasteiger partial charge is 0.246 e. The van der Waals surface area contributed by atoms with Crippen LogP contribution in [0.1, 0.15) is 41.5 Å². The molecular weight excluding hydrogens is 324 g/mol. The van der Waals surface area contributed by atoms with Crippen LogP contribution in [0.3, 0.4) is 0 Å². The summed E-state index contributed by atoms with van der Waals surface area (Å²) >= 11 is 0. The molecule has 0 fully saturated rings. The Labute approximate surface area is 154 Å². The van der Waals surface area contributed by atoms with Crippen LogP contribution in [0, 0.1) is 13.8 Å². The van der Waals surface area contributed by atoms with Crippen molar-refractivity contribution in [2.75, 3.05) is 5.32 Å². The van der Waals surface area contributed by atoms with Gasteiger partial charge in [-0.2, -0.15) is 0 Å². The molecule has 134 valence electrons. The molecule has 0 unspecified atom stereocenters. The third kappa shape index (κ3) is 4.21. The maximum atomic E-state index is 13.1. The van der Waals surface area contributed by atoms with Gasteiger partial charge in [-0.15, -0.1) is 0 Å². The molecule has 0 bridgehead atoms. The van der Waals surface area contributed by atoms with E-state index in [1.807, 2.05) is 81.4 Å². The first-order valence-corrected chi connectivity index (χ1v) is 8.77. The number of hydrogen-bond donors (Lipinski definition) is 2. The third-order valence-corrected chi connectivity index (χ3v) is 4.43. The number of benzene rings is 2. The van der Waals surface area contributed by atoms with E-state index in [0.717, 1.165) is 28.1 Å². The molecule has 0 aliphatic heterocycles. The maximum Gasteiger partial charge on any atom is 0.246 e. The molecule has 0 saturated carbocycles. The number of hydrogen-bond acceptors (Lipinski definition) is 3. The van der Waals surface area contributed by atoms with Crippen molar-refractivity contribution in [1.29, 1.82) is 0 Å². The Morgan fingerprint density at radius 3 is 2.46 bits per heavy atom. The molecule has 4 heteroatoms. The Morgan fingerprint density at radius 1 is 1.00 bits per heavy atom. The van der Waals surface area contributed by atoms with Gasteiger partial charge in [-0.05, 0) is 55.7 Å². The topological polar surface area (TPSA) is 54.3 Å². The summed E-state index contributed by atoms with van der Waals surface area (Å²) in [5, 5.41) is 6.45. The van der Waals surface area contributed by atoms with Crippen molar-refractivity contribution in [2.24, 2.45) is 0 Å². The number of carbonyl (C=O) groups excluding carboxylic acids is 1. The minimum atomic E-state index is -0.490. The van der Waals surface area contributed by atoms with Crippen LogP contribution in [0.25, 0.3) is 0 Å². The minimum Gasteiger partial charge on any atom is -0.468 e. The number of nitrogens with one attached hydrogen (secondary N) is 2. The van der Waals surface area contributed by atoms with Gasteiger partial charge >= 0.3 is 0 Å². The number of amides is 1. The van der Waals surface area contributed by atoms with E-state index >= 15 is 0 Å². The van der Waals surface area contributed by atoms with Gasteiger partial charge in [-0.3, -0.25) is 10.1 Å². The minimum absolute atomic E-state index is 0.0942.